The summed E-state index contributed by atoms with van der Waals surface area (Å²) >= 11 is 0. The fourth-order valence-electron chi connectivity index (χ4n) is 1.12. The summed E-state index contributed by atoms with van der Waals surface area (Å²) in [4.78, 5) is 12.1. The van der Waals surface area contributed by atoms with Crippen LogP contribution in [0.25, 0.3) is 0 Å². The van der Waals surface area contributed by atoms with Crippen LogP contribution in [0.4, 0.5) is 0 Å². The molecule has 0 aromatic heterocycles. The number of aldehydes is 1. The molecule has 0 saturated carbocycles. The van der Waals surface area contributed by atoms with E-state index in [0.717, 1.165) is 6.29 Å². The zero-order chi connectivity index (χ0) is 8.27. The van der Waals surface area contributed by atoms with Gasteiger partial charge in [0.15, 0.2) is 0 Å². The van der Waals surface area contributed by atoms with Crippen LogP contribution in [0.1, 0.15) is 0 Å². The molecule has 4 nitrogen and oxygen atoms in total. The van der Waals surface area contributed by atoms with Crippen molar-refractivity contribution in [3.8, 4) is 0 Å². The van der Waals surface area contributed by atoms with Crippen molar-refractivity contribution in [3.05, 3.63) is 0 Å². The Morgan fingerprint density at radius 3 is 3.09 bits per heavy atom. The van der Waals surface area contributed by atoms with E-state index in [9.17, 15) is 4.79 Å². The second kappa shape index (κ2) is 3.85. The lowest BCUT2D eigenvalue weighted by molar-refractivity contribution is -0.121. The number of hydrogen-bond acceptors (Lipinski definition) is 4. The van der Waals surface area contributed by atoms with E-state index in [1.807, 2.05) is 4.81 Å². The summed E-state index contributed by atoms with van der Waals surface area (Å²) in [6.45, 7) is 3.41. The first-order chi connectivity index (χ1) is 5.24. The standard InChI is InChI=1S/C6H12BNO3/c1-7(10)8-2-3-11-6(4-8)5-9/h5-6,10H,2-4H2,1H3/t6-/m1/s1. The Bertz CT molecular complexity index is 142. The number of rotatable bonds is 2. The average Bonchev–Trinajstić information content (AvgIpc) is 2.05. The van der Waals surface area contributed by atoms with E-state index in [2.05, 4.69) is 0 Å². The SMILES string of the molecule is CB(O)N1CCO[C@@H](C=O)C1. The largest absolute Gasteiger partial charge is 0.437 e. The summed E-state index contributed by atoms with van der Waals surface area (Å²) < 4.78 is 5.09. The van der Waals surface area contributed by atoms with Gasteiger partial charge in [0.1, 0.15) is 12.4 Å². The summed E-state index contributed by atoms with van der Waals surface area (Å²) in [7, 11) is -0.485. The minimum absolute atomic E-state index is 0.363. The van der Waals surface area contributed by atoms with E-state index in [4.69, 9.17) is 9.76 Å². The maximum Gasteiger partial charge on any atom is 0.376 e. The quantitative estimate of drug-likeness (QED) is 0.412. The lowest BCUT2D eigenvalue weighted by atomic mass is 9.84. The van der Waals surface area contributed by atoms with Crippen LogP contribution in [0, 0.1) is 0 Å². The summed E-state index contributed by atoms with van der Waals surface area (Å²) in [5.74, 6) is 0. The normalized spacial score (nSPS) is 26.5. The first-order valence-corrected chi connectivity index (χ1v) is 3.73. The molecule has 1 fully saturated rings. The van der Waals surface area contributed by atoms with Crippen molar-refractivity contribution in [2.75, 3.05) is 19.7 Å². The topological polar surface area (TPSA) is 49.8 Å². The van der Waals surface area contributed by atoms with E-state index in [1.165, 1.54) is 0 Å². The highest BCUT2D eigenvalue weighted by molar-refractivity contribution is 6.45. The smallest absolute Gasteiger partial charge is 0.376 e. The fourth-order valence-corrected chi connectivity index (χ4v) is 1.12. The van der Waals surface area contributed by atoms with Gasteiger partial charge in [-0.2, -0.15) is 0 Å². The van der Waals surface area contributed by atoms with Crippen LogP contribution in [-0.2, 0) is 9.53 Å². The number of hydrogen-bond donors (Lipinski definition) is 1. The van der Waals surface area contributed by atoms with Crippen molar-refractivity contribution < 1.29 is 14.6 Å². The summed E-state index contributed by atoms with van der Waals surface area (Å²) in [6.07, 6.45) is 0.410. The summed E-state index contributed by atoms with van der Waals surface area (Å²) in [6, 6.07) is 0. The molecule has 0 spiro atoms. The fraction of sp³-hybridized carbons (Fsp3) is 0.833. The van der Waals surface area contributed by atoms with Crippen LogP contribution in [0.3, 0.4) is 0 Å². The van der Waals surface area contributed by atoms with Crippen molar-refractivity contribution in [2.24, 2.45) is 0 Å². The highest BCUT2D eigenvalue weighted by atomic mass is 16.5. The van der Waals surface area contributed by atoms with Crippen LogP contribution < -0.4 is 0 Å². The molecule has 0 aromatic carbocycles. The Balaban J connectivity index is 2.39. The van der Waals surface area contributed by atoms with Gasteiger partial charge in [-0.15, -0.1) is 0 Å². The predicted molar refractivity (Wildman–Crippen MR) is 41.2 cm³/mol. The molecule has 0 unspecified atom stereocenters. The van der Waals surface area contributed by atoms with Gasteiger partial charge in [0.05, 0.1) is 6.61 Å². The molecule has 5 heteroatoms. The molecule has 1 rings (SSSR count). The Morgan fingerprint density at radius 1 is 1.82 bits per heavy atom. The van der Waals surface area contributed by atoms with Crippen molar-refractivity contribution in [1.29, 1.82) is 0 Å². The van der Waals surface area contributed by atoms with Crippen LogP contribution in [0.2, 0.25) is 6.82 Å². The molecule has 11 heavy (non-hydrogen) atoms. The monoisotopic (exact) mass is 157 g/mol. The number of ether oxygens (including phenoxy) is 1. The van der Waals surface area contributed by atoms with E-state index in [-0.39, 0.29) is 6.10 Å². The first-order valence-electron chi connectivity index (χ1n) is 3.73. The molecule has 1 heterocycles. The van der Waals surface area contributed by atoms with Crippen LogP contribution >= 0.6 is 0 Å². The molecule has 0 bridgehead atoms. The number of morpholine rings is 1. The molecule has 0 aliphatic carbocycles. The minimum atomic E-state index is -0.485. The van der Waals surface area contributed by atoms with Gasteiger partial charge in [-0.25, -0.2) is 0 Å². The summed E-state index contributed by atoms with van der Waals surface area (Å²) in [5, 5.41) is 9.14. The third-order valence-electron chi connectivity index (χ3n) is 1.81. The van der Waals surface area contributed by atoms with Crippen LogP contribution in [-0.4, -0.2) is 49.0 Å². The molecule has 0 amide bonds. The third kappa shape index (κ3) is 2.29. The maximum atomic E-state index is 10.3. The molecule has 1 N–H and O–H groups in total. The second-order valence-electron chi connectivity index (χ2n) is 2.67. The van der Waals surface area contributed by atoms with Gasteiger partial charge in [0.2, 0.25) is 0 Å². The maximum absolute atomic E-state index is 10.3. The molecular formula is C6H12BNO3. The van der Waals surface area contributed by atoms with Crippen molar-refractivity contribution in [3.63, 3.8) is 0 Å². The minimum Gasteiger partial charge on any atom is -0.437 e. The first kappa shape index (κ1) is 8.71. The van der Waals surface area contributed by atoms with E-state index >= 15 is 0 Å². The predicted octanol–water partition coefficient (Wildman–Crippen LogP) is -1.00. The molecular weight excluding hydrogens is 145 g/mol. The Hall–Kier alpha value is -0.385. The average molecular weight is 157 g/mol. The van der Waals surface area contributed by atoms with Crippen LogP contribution in [0.5, 0.6) is 0 Å². The van der Waals surface area contributed by atoms with Gasteiger partial charge in [0, 0.05) is 13.1 Å². The van der Waals surface area contributed by atoms with Crippen molar-refractivity contribution in [2.45, 2.75) is 12.9 Å². The van der Waals surface area contributed by atoms with Crippen molar-refractivity contribution >= 4 is 13.3 Å². The van der Waals surface area contributed by atoms with Crippen molar-refractivity contribution in [1.82, 2.24) is 4.81 Å². The Labute approximate surface area is 66.3 Å². The molecule has 1 aliphatic heterocycles. The molecule has 1 aliphatic rings. The number of carbonyl (C=O) groups is 1. The van der Waals surface area contributed by atoms with Gasteiger partial charge in [-0.05, 0) is 6.82 Å². The zero-order valence-electron chi connectivity index (χ0n) is 6.56. The molecule has 1 saturated heterocycles. The van der Waals surface area contributed by atoms with E-state index in [1.54, 1.807) is 6.82 Å². The summed E-state index contributed by atoms with van der Waals surface area (Å²) in [5.41, 5.74) is 0. The number of carbonyl (C=O) groups excluding carboxylic acids is 1. The highest BCUT2D eigenvalue weighted by Crippen LogP contribution is 2.03. The molecule has 62 valence electrons. The number of nitrogens with zero attached hydrogens (tertiary/aromatic N) is 1. The van der Waals surface area contributed by atoms with E-state index in [0.29, 0.717) is 19.7 Å². The van der Waals surface area contributed by atoms with Crippen LogP contribution in [0.15, 0.2) is 0 Å². The van der Waals surface area contributed by atoms with Gasteiger partial charge in [-0.3, -0.25) is 0 Å². The van der Waals surface area contributed by atoms with Gasteiger partial charge in [-0.1, -0.05) is 0 Å². The molecule has 0 radical (unpaired) electrons. The Morgan fingerprint density at radius 2 is 2.55 bits per heavy atom. The lowest BCUT2D eigenvalue weighted by Crippen LogP contribution is -2.49. The highest BCUT2D eigenvalue weighted by Gasteiger charge is 2.24. The van der Waals surface area contributed by atoms with Gasteiger partial charge >= 0.3 is 7.05 Å². The van der Waals surface area contributed by atoms with Gasteiger partial charge in [0.25, 0.3) is 0 Å². The molecule has 0 aromatic rings. The van der Waals surface area contributed by atoms with E-state index < -0.39 is 7.05 Å². The zero-order valence-corrected chi connectivity index (χ0v) is 6.56. The third-order valence-corrected chi connectivity index (χ3v) is 1.81. The molecule has 1 atom stereocenters. The van der Waals surface area contributed by atoms with Gasteiger partial charge < -0.3 is 19.4 Å². The Kier molecular flexibility index (Phi) is 3.05. The second-order valence-corrected chi connectivity index (χ2v) is 2.67. The lowest BCUT2D eigenvalue weighted by Gasteiger charge is -2.30.